The molecule has 2 heterocycles. The van der Waals surface area contributed by atoms with E-state index in [0.717, 1.165) is 24.8 Å². The Hall–Kier alpha value is -2.33. The average Bonchev–Trinajstić information content (AvgIpc) is 2.71. The number of aryl methyl sites for hydroxylation is 1. The number of nitrogens with zero attached hydrogens (tertiary/aromatic N) is 2. The molecule has 1 aromatic heterocycles. The van der Waals surface area contributed by atoms with Gasteiger partial charge in [-0.1, -0.05) is 43.0 Å². The molecule has 0 radical (unpaired) electrons. The highest BCUT2D eigenvalue weighted by Crippen LogP contribution is 2.46. The number of carbonyl (C=O) groups is 1. The van der Waals surface area contributed by atoms with Crippen molar-refractivity contribution in [2.75, 3.05) is 7.05 Å². The predicted molar refractivity (Wildman–Crippen MR) is 114 cm³/mol. The molecule has 1 saturated heterocycles. The lowest BCUT2D eigenvalue weighted by Gasteiger charge is -2.50. The highest BCUT2D eigenvalue weighted by atomic mass is 32.2. The van der Waals surface area contributed by atoms with Crippen LogP contribution in [-0.4, -0.2) is 28.9 Å². The third kappa shape index (κ3) is 2.82. The number of fused-ring (bicyclic) bond motifs is 4. The van der Waals surface area contributed by atoms with Gasteiger partial charge in [-0.3, -0.25) is 9.78 Å². The van der Waals surface area contributed by atoms with Gasteiger partial charge in [0, 0.05) is 46.3 Å². The minimum atomic E-state index is 0.0734. The van der Waals surface area contributed by atoms with Gasteiger partial charge in [0.1, 0.15) is 0 Å². The molecule has 3 aromatic rings. The fourth-order valence-electron chi connectivity index (χ4n) is 5.07. The SMILES string of the molecule is CN1C(=O)CC[C@]2(C)c3ccc(Sc4cnc5ccccc5c4)cc3CCC12. The van der Waals surface area contributed by atoms with Gasteiger partial charge in [0.25, 0.3) is 0 Å². The standard InChI is InChI=1S/C24H24N2OS/c1-24-12-11-23(27)26(2)22(24)10-7-16-13-18(8-9-20(16)24)28-19-14-17-5-3-4-6-21(17)25-15-19/h3-6,8-9,13-15,22H,7,10-12H2,1-2H3/t22?,24-/m1/s1. The van der Waals surface area contributed by atoms with E-state index >= 15 is 0 Å². The Kier molecular flexibility index (Phi) is 4.20. The molecule has 1 aliphatic carbocycles. The van der Waals surface area contributed by atoms with Crippen LogP contribution < -0.4 is 0 Å². The van der Waals surface area contributed by atoms with Crippen molar-refractivity contribution in [2.45, 2.75) is 53.9 Å². The fraction of sp³-hybridized carbons (Fsp3) is 0.333. The molecular formula is C24H24N2OS. The predicted octanol–water partition coefficient (Wildman–Crippen LogP) is 5.21. The van der Waals surface area contributed by atoms with Crippen LogP contribution in [0.3, 0.4) is 0 Å². The summed E-state index contributed by atoms with van der Waals surface area (Å²) in [7, 11) is 1.98. The maximum absolute atomic E-state index is 12.2. The number of benzene rings is 2. The summed E-state index contributed by atoms with van der Waals surface area (Å²) in [5.74, 6) is 0.293. The van der Waals surface area contributed by atoms with Crippen LogP contribution in [0.1, 0.15) is 37.3 Å². The highest BCUT2D eigenvalue weighted by Gasteiger charge is 2.46. The van der Waals surface area contributed by atoms with Crippen LogP contribution in [0, 0.1) is 0 Å². The molecule has 0 saturated carbocycles. The molecule has 1 aliphatic heterocycles. The van der Waals surface area contributed by atoms with Crippen LogP contribution in [0.4, 0.5) is 0 Å². The Morgan fingerprint density at radius 1 is 1.11 bits per heavy atom. The second-order valence-corrected chi connectivity index (χ2v) is 9.41. The molecule has 0 spiro atoms. The first kappa shape index (κ1) is 17.7. The van der Waals surface area contributed by atoms with Gasteiger partial charge in [-0.25, -0.2) is 0 Å². The van der Waals surface area contributed by atoms with Crippen LogP contribution in [0.5, 0.6) is 0 Å². The fourth-order valence-corrected chi connectivity index (χ4v) is 5.97. The molecule has 28 heavy (non-hydrogen) atoms. The first-order valence-electron chi connectivity index (χ1n) is 9.96. The third-order valence-electron chi connectivity index (χ3n) is 6.63. The number of piperidine rings is 1. The number of pyridine rings is 1. The van der Waals surface area contributed by atoms with Crippen molar-refractivity contribution in [3.8, 4) is 0 Å². The monoisotopic (exact) mass is 388 g/mol. The van der Waals surface area contributed by atoms with Crippen molar-refractivity contribution in [2.24, 2.45) is 0 Å². The molecule has 1 unspecified atom stereocenters. The van der Waals surface area contributed by atoms with Crippen LogP contribution in [0.2, 0.25) is 0 Å². The number of carbonyl (C=O) groups excluding carboxylic acids is 1. The van der Waals surface area contributed by atoms with Crippen molar-refractivity contribution >= 4 is 28.6 Å². The maximum Gasteiger partial charge on any atom is 0.222 e. The molecule has 5 rings (SSSR count). The number of likely N-dealkylation sites (N-methyl/N-ethyl adjacent to an activating group) is 1. The largest absolute Gasteiger partial charge is 0.342 e. The number of amides is 1. The molecule has 2 aromatic carbocycles. The van der Waals surface area contributed by atoms with E-state index in [2.05, 4.69) is 48.3 Å². The van der Waals surface area contributed by atoms with Crippen LogP contribution in [0.25, 0.3) is 10.9 Å². The van der Waals surface area contributed by atoms with Crippen LogP contribution >= 0.6 is 11.8 Å². The summed E-state index contributed by atoms with van der Waals surface area (Å²) >= 11 is 1.78. The van der Waals surface area contributed by atoms with E-state index in [1.165, 1.54) is 26.3 Å². The first-order chi connectivity index (χ1) is 13.5. The molecular weight excluding hydrogens is 364 g/mol. The zero-order valence-electron chi connectivity index (χ0n) is 16.3. The second-order valence-electron chi connectivity index (χ2n) is 8.26. The zero-order valence-corrected chi connectivity index (χ0v) is 17.1. The molecule has 4 heteroatoms. The Labute approximate surface area is 170 Å². The summed E-state index contributed by atoms with van der Waals surface area (Å²) in [5, 5.41) is 1.18. The number of hydrogen-bond acceptors (Lipinski definition) is 3. The normalized spacial score (nSPS) is 24.1. The summed E-state index contributed by atoms with van der Waals surface area (Å²) in [4.78, 5) is 21.2. The third-order valence-corrected chi connectivity index (χ3v) is 7.58. The van der Waals surface area contributed by atoms with E-state index < -0.39 is 0 Å². The van der Waals surface area contributed by atoms with Gasteiger partial charge >= 0.3 is 0 Å². The Morgan fingerprint density at radius 2 is 1.96 bits per heavy atom. The molecule has 2 aliphatic rings. The van der Waals surface area contributed by atoms with Gasteiger partial charge in [-0.05, 0) is 54.7 Å². The van der Waals surface area contributed by atoms with Crippen LogP contribution in [0.15, 0.2) is 64.5 Å². The van der Waals surface area contributed by atoms with E-state index in [4.69, 9.17) is 0 Å². The van der Waals surface area contributed by atoms with E-state index in [1.807, 2.05) is 30.3 Å². The van der Waals surface area contributed by atoms with Gasteiger partial charge in [0.2, 0.25) is 5.91 Å². The Balaban J connectivity index is 1.45. The van der Waals surface area contributed by atoms with Gasteiger partial charge < -0.3 is 4.90 Å². The van der Waals surface area contributed by atoms with Crippen molar-refractivity contribution < 1.29 is 4.79 Å². The Morgan fingerprint density at radius 3 is 2.86 bits per heavy atom. The summed E-state index contributed by atoms with van der Waals surface area (Å²) in [6.07, 6.45) is 5.66. The van der Waals surface area contributed by atoms with Gasteiger partial charge in [-0.2, -0.15) is 0 Å². The van der Waals surface area contributed by atoms with Crippen molar-refractivity contribution in [3.63, 3.8) is 0 Å². The minimum Gasteiger partial charge on any atom is -0.342 e. The lowest BCUT2D eigenvalue weighted by molar-refractivity contribution is -0.138. The second kappa shape index (κ2) is 6.63. The van der Waals surface area contributed by atoms with Gasteiger partial charge in [0.15, 0.2) is 0 Å². The van der Waals surface area contributed by atoms with E-state index in [1.54, 1.807) is 11.8 Å². The summed E-state index contributed by atoms with van der Waals surface area (Å²) in [6.45, 7) is 2.35. The highest BCUT2D eigenvalue weighted by molar-refractivity contribution is 7.99. The van der Waals surface area contributed by atoms with Crippen molar-refractivity contribution in [1.82, 2.24) is 9.88 Å². The lowest BCUT2D eigenvalue weighted by Crippen LogP contribution is -2.56. The molecule has 2 atom stereocenters. The zero-order chi connectivity index (χ0) is 19.3. The number of aromatic nitrogens is 1. The summed E-state index contributed by atoms with van der Waals surface area (Å²) in [5.41, 5.74) is 3.99. The van der Waals surface area contributed by atoms with Gasteiger partial charge in [0.05, 0.1) is 5.52 Å². The summed E-state index contributed by atoms with van der Waals surface area (Å²) in [6, 6.07) is 17.7. The number of hydrogen-bond donors (Lipinski definition) is 0. The molecule has 0 bridgehead atoms. The molecule has 1 amide bonds. The van der Waals surface area contributed by atoms with Crippen molar-refractivity contribution in [1.29, 1.82) is 0 Å². The lowest BCUT2D eigenvalue weighted by atomic mass is 9.63. The first-order valence-corrected chi connectivity index (χ1v) is 10.8. The average molecular weight is 389 g/mol. The van der Waals surface area contributed by atoms with E-state index in [9.17, 15) is 4.79 Å². The molecule has 3 nitrogen and oxygen atoms in total. The van der Waals surface area contributed by atoms with Crippen molar-refractivity contribution in [3.05, 3.63) is 65.9 Å². The number of rotatable bonds is 2. The van der Waals surface area contributed by atoms with E-state index in [0.29, 0.717) is 18.4 Å². The maximum atomic E-state index is 12.2. The topological polar surface area (TPSA) is 33.2 Å². The van der Waals surface area contributed by atoms with Crippen LogP contribution in [-0.2, 0) is 16.6 Å². The van der Waals surface area contributed by atoms with E-state index in [-0.39, 0.29) is 5.41 Å². The number of para-hydroxylation sites is 1. The quantitative estimate of drug-likeness (QED) is 0.604. The van der Waals surface area contributed by atoms with Gasteiger partial charge in [-0.15, -0.1) is 0 Å². The molecule has 1 fully saturated rings. The summed E-state index contributed by atoms with van der Waals surface area (Å²) < 4.78 is 0. The molecule has 0 N–H and O–H groups in total. The minimum absolute atomic E-state index is 0.0734. The smallest absolute Gasteiger partial charge is 0.222 e. The number of likely N-dealkylation sites (tertiary alicyclic amines) is 1. The Bertz CT molecular complexity index is 1080. The molecule has 142 valence electrons.